The molecule has 1 aliphatic heterocycles. The van der Waals surface area contributed by atoms with E-state index in [1.807, 2.05) is 13.8 Å². The van der Waals surface area contributed by atoms with Gasteiger partial charge in [-0.3, -0.25) is 4.79 Å². The van der Waals surface area contributed by atoms with Crippen molar-refractivity contribution >= 4 is 5.97 Å². The fourth-order valence-electron chi connectivity index (χ4n) is 2.54. The molecule has 0 aliphatic carbocycles. The van der Waals surface area contributed by atoms with Crippen LogP contribution in [0.2, 0.25) is 0 Å². The van der Waals surface area contributed by atoms with Crippen molar-refractivity contribution in [3.05, 3.63) is 10.4 Å². The Morgan fingerprint density at radius 1 is 1.20 bits per heavy atom. The minimum absolute atomic E-state index is 0.0696. The van der Waals surface area contributed by atoms with Crippen LogP contribution in [0.15, 0.2) is 5.11 Å². The standard InChI is InChI=1S/C16H29N3O6/c1-4-6-8-22-14-12(10-24-11(3)20)25-16(21)13(18-19-17)15(14)23-9-7-5-2/h12-16,21H,4-10H2,1-3H3/t12-,13-,14-,15-,16?/m1/s1. The number of azide groups is 1. The highest BCUT2D eigenvalue weighted by molar-refractivity contribution is 5.65. The van der Waals surface area contributed by atoms with Crippen LogP contribution in [0.1, 0.15) is 46.5 Å². The molecule has 25 heavy (non-hydrogen) atoms. The molecule has 0 aromatic rings. The van der Waals surface area contributed by atoms with Crippen molar-refractivity contribution in [2.24, 2.45) is 5.11 Å². The molecule has 0 spiro atoms. The lowest BCUT2D eigenvalue weighted by atomic mass is 9.97. The summed E-state index contributed by atoms with van der Waals surface area (Å²) in [4.78, 5) is 13.9. The Kier molecular flexibility index (Phi) is 10.4. The third-order valence-corrected chi connectivity index (χ3v) is 3.89. The number of hydrogen-bond acceptors (Lipinski definition) is 7. The van der Waals surface area contributed by atoms with Crippen LogP contribution in [0, 0.1) is 0 Å². The van der Waals surface area contributed by atoms with Gasteiger partial charge in [0, 0.05) is 25.0 Å². The molecule has 0 aromatic heterocycles. The summed E-state index contributed by atoms with van der Waals surface area (Å²) in [7, 11) is 0. The van der Waals surface area contributed by atoms with Gasteiger partial charge in [0.25, 0.3) is 0 Å². The normalized spacial score (nSPS) is 29.0. The first kappa shape index (κ1) is 21.7. The van der Waals surface area contributed by atoms with Crippen molar-refractivity contribution in [1.82, 2.24) is 0 Å². The highest BCUT2D eigenvalue weighted by atomic mass is 16.7. The molecule has 0 radical (unpaired) electrons. The molecule has 5 atom stereocenters. The molecule has 0 bridgehead atoms. The Balaban J connectivity index is 2.95. The van der Waals surface area contributed by atoms with Gasteiger partial charge in [-0.15, -0.1) is 0 Å². The number of carbonyl (C=O) groups excluding carboxylic acids is 1. The molecule has 9 nitrogen and oxygen atoms in total. The van der Waals surface area contributed by atoms with E-state index in [0.29, 0.717) is 13.2 Å². The zero-order valence-corrected chi connectivity index (χ0v) is 15.2. The minimum Gasteiger partial charge on any atom is -0.463 e. The van der Waals surface area contributed by atoms with E-state index in [0.717, 1.165) is 25.7 Å². The molecule has 1 rings (SSSR count). The lowest BCUT2D eigenvalue weighted by Crippen LogP contribution is -2.60. The Labute approximate surface area is 148 Å². The Bertz CT molecular complexity index is 444. The fourth-order valence-corrected chi connectivity index (χ4v) is 2.54. The van der Waals surface area contributed by atoms with Crippen molar-refractivity contribution in [2.75, 3.05) is 19.8 Å². The molecule has 9 heteroatoms. The first-order chi connectivity index (χ1) is 12.0. The maximum atomic E-state index is 11.1. The molecule has 1 fully saturated rings. The van der Waals surface area contributed by atoms with Gasteiger partial charge in [0.05, 0.1) is 6.10 Å². The summed E-state index contributed by atoms with van der Waals surface area (Å²) in [6, 6.07) is -0.929. The number of nitrogens with zero attached hydrogens (tertiary/aromatic N) is 3. The number of aliphatic hydroxyl groups is 1. The van der Waals surface area contributed by atoms with Crippen molar-refractivity contribution in [1.29, 1.82) is 0 Å². The lowest BCUT2D eigenvalue weighted by Gasteiger charge is -2.43. The summed E-state index contributed by atoms with van der Waals surface area (Å²) in [5.74, 6) is -0.453. The molecule has 0 saturated carbocycles. The molecule has 1 heterocycles. The summed E-state index contributed by atoms with van der Waals surface area (Å²) in [6.45, 7) is 6.21. The van der Waals surface area contributed by atoms with E-state index in [-0.39, 0.29) is 6.61 Å². The van der Waals surface area contributed by atoms with Gasteiger partial charge >= 0.3 is 5.97 Å². The van der Waals surface area contributed by atoms with Gasteiger partial charge in [0.1, 0.15) is 24.9 Å². The molecule has 1 N–H and O–H groups in total. The van der Waals surface area contributed by atoms with Crippen LogP contribution in [-0.2, 0) is 23.7 Å². The summed E-state index contributed by atoms with van der Waals surface area (Å²) in [5.41, 5.74) is 8.79. The zero-order valence-electron chi connectivity index (χ0n) is 15.2. The molecule has 0 aromatic carbocycles. The molecule has 0 amide bonds. The van der Waals surface area contributed by atoms with Gasteiger partial charge < -0.3 is 24.1 Å². The molecular formula is C16H29N3O6. The lowest BCUT2D eigenvalue weighted by molar-refractivity contribution is -0.268. The van der Waals surface area contributed by atoms with Gasteiger partial charge in [-0.1, -0.05) is 31.8 Å². The first-order valence-electron chi connectivity index (χ1n) is 8.79. The second-order valence-corrected chi connectivity index (χ2v) is 5.94. The van der Waals surface area contributed by atoms with Crippen LogP contribution in [0.25, 0.3) is 10.4 Å². The molecule has 1 saturated heterocycles. The smallest absolute Gasteiger partial charge is 0.302 e. The van der Waals surface area contributed by atoms with E-state index in [1.54, 1.807) is 0 Å². The predicted octanol–water partition coefficient (Wildman–Crippen LogP) is 2.32. The predicted molar refractivity (Wildman–Crippen MR) is 89.7 cm³/mol. The van der Waals surface area contributed by atoms with Crippen molar-refractivity contribution in [2.45, 2.75) is 77.1 Å². The number of unbranched alkanes of at least 4 members (excludes halogenated alkanes) is 2. The second-order valence-electron chi connectivity index (χ2n) is 5.94. The molecule has 144 valence electrons. The van der Waals surface area contributed by atoms with Crippen molar-refractivity contribution in [3.8, 4) is 0 Å². The van der Waals surface area contributed by atoms with Crippen LogP contribution >= 0.6 is 0 Å². The number of rotatable bonds is 11. The van der Waals surface area contributed by atoms with Crippen LogP contribution in [-0.4, -0.2) is 61.5 Å². The summed E-state index contributed by atoms with van der Waals surface area (Å²) in [6.07, 6.45) is 0.217. The topological polar surface area (TPSA) is 123 Å². The molecule has 1 aliphatic rings. The van der Waals surface area contributed by atoms with Gasteiger partial charge in [-0.2, -0.15) is 0 Å². The minimum atomic E-state index is -1.35. The van der Waals surface area contributed by atoms with E-state index in [4.69, 9.17) is 24.5 Å². The maximum Gasteiger partial charge on any atom is 0.302 e. The van der Waals surface area contributed by atoms with Crippen LogP contribution in [0.5, 0.6) is 0 Å². The van der Waals surface area contributed by atoms with E-state index < -0.39 is 36.6 Å². The Morgan fingerprint density at radius 3 is 2.32 bits per heavy atom. The SMILES string of the molecule is CCCCO[C@H]1[C@H](OCCCC)[C@@H](N=[N+]=[N-])C(O)O[C@@H]1COC(C)=O. The summed E-state index contributed by atoms with van der Waals surface area (Å²) in [5, 5.41) is 13.8. The fraction of sp³-hybridized carbons (Fsp3) is 0.938. The maximum absolute atomic E-state index is 11.1. The van der Waals surface area contributed by atoms with Crippen molar-refractivity contribution < 1.29 is 28.8 Å². The van der Waals surface area contributed by atoms with Crippen LogP contribution in [0.3, 0.4) is 0 Å². The van der Waals surface area contributed by atoms with E-state index >= 15 is 0 Å². The number of aliphatic hydroxyl groups excluding tert-OH is 1. The highest BCUT2D eigenvalue weighted by Gasteiger charge is 2.47. The average Bonchev–Trinajstić information content (AvgIpc) is 2.58. The largest absolute Gasteiger partial charge is 0.463 e. The Hall–Kier alpha value is -1.38. The van der Waals surface area contributed by atoms with Crippen LogP contribution < -0.4 is 0 Å². The monoisotopic (exact) mass is 359 g/mol. The summed E-state index contributed by atoms with van der Waals surface area (Å²) < 4.78 is 22.3. The summed E-state index contributed by atoms with van der Waals surface area (Å²) >= 11 is 0. The van der Waals surface area contributed by atoms with Gasteiger partial charge in [-0.05, 0) is 18.4 Å². The number of esters is 1. The quantitative estimate of drug-likeness (QED) is 0.198. The second kappa shape index (κ2) is 12.1. The number of hydrogen-bond donors (Lipinski definition) is 1. The molecular weight excluding hydrogens is 330 g/mol. The number of ether oxygens (including phenoxy) is 4. The number of carbonyl (C=O) groups is 1. The van der Waals surface area contributed by atoms with E-state index in [2.05, 4.69) is 10.0 Å². The third-order valence-electron chi connectivity index (χ3n) is 3.89. The van der Waals surface area contributed by atoms with Gasteiger partial charge in [-0.25, -0.2) is 0 Å². The van der Waals surface area contributed by atoms with Gasteiger partial charge in [0.15, 0.2) is 6.29 Å². The van der Waals surface area contributed by atoms with Crippen molar-refractivity contribution in [3.63, 3.8) is 0 Å². The average molecular weight is 359 g/mol. The van der Waals surface area contributed by atoms with Gasteiger partial charge in [0.2, 0.25) is 0 Å². The first-order valence-corrected chi connectivity index (χ1v) is 8.79. The molecule has 1 unspecified atom stereocenters. The Morgan fingerprint density at radius 2 is 1.80 bits per heavy atom. The zero-order chi connectivity index (χ0) is 18.7. The highest BCUT2D eigenvalue weighted by Crippen LogP contribution is 2.28. The van der Waals surface area contributed by atoms with E-state index in [9.17, 15) is 9.90 Å². The van der Waals surface area contributed by atoms with E-state index in [1.165, 1.54) is 6.92 Å². The third kappa shape index (κ3) is 7.17. The van der Waals surface area contributed by atoms with Crippen LogP contribution in [0.4, 0.5) is 0 Å².